The van der Waals surface area contributed by atoms with Gasteiger partial charge in [-0.2, -0.15) is 17.8 Å². The molecule has 3 aliphatic carbocycles. The van der Waals surface area contributed by atoms with Gasteiger partial charge in [0.05, 0.1) is 19.4 Å². The third-order valence-electron chi connectivity index (χ3n) is 12.5. The number of nitrogens with zero attached hydrogens (tertiary/aromatic N) is 4. The Kier molecular flexibility index (Phi) is 8.82. The van der Waals surface area contributed by atoms with Crippen LogP contribution in [0.15, 0.2) is 36.4 Å². The normalized spacial score (nSPS) is 27.4. The van der Waals surface area contributed by atoms with E-state index in [4.69, 9.17) is 9.57 Å². The van der Waals surface area contributed by atoms with Crippen molar-refractivity contribution in [3.05, 3.63) is 53.1 Å². The third-order valence-corrected chi connectivity index (χ3v) is 14.0. The number of hydrogen-bond acceptors (Lipinski definition) is 7. The first-order chi connectivity index (χ1) is 24.0. The average molecular weight is 704 g/mol. The fourth-order valence-electron chi connectivity index (χ4n) is 9.46. The lowest BCUT2D eigenvalue weighted by molar-refractivity contribution is -0.240. The van der Waals surface area contributed by atoms with E-state index in [1.807, 2.05) is 12.1 Å². The number of ether oxygens (including phenoxy) is 1. The van der Waals surface area contributed by atoms with E-state index < -0.39 is 16.1 Å². The predicted octanol–water partition coefficient (Wildman–Crippen LogP) is 6.27. The van der Waals surface area contributed by atoms with E-state index in [0.717, 1.165) is 74.8 Å². The number of hydroxylamine groups is 2. The molecule has 4 atom stereocenters. The average Bonchev–Trinajstić information content (AvgIpc) is 4.04. The number of hydrogen-bond donors (Lipinski definition) is 1. The number of methoxy groups -OCH3 is 1. The predicted molar refractivity (Wildman–Crippen MR) is 196 cm³/mol. The Labute approximate surface area is 297 Å². The summed E-state index contributed by atoms with van der Waals surface area (Å²) in [4.78, 5) is 22.9. The minimum Gasteiger partial charge on any atom is -0.497 e. The first-order valence-electron chi connectivity index (χ1n) is 18.8. The van der Waals surface area contributed by atoms with Gasteiger partial charge in [0.15, 0.2) is 0 Å². The molecule has 11 heteroatoms. The number of carbonyl (C=O) groups excluding carboxylic acids is 1. The third kappa shape index (κ3) is 5.96. The second-order valence-electron chi connectivity index (χ2n) is 15.9. The Hall–Kier alpha value is -2.96. The molecule has 3 aromatic rings. The quantitative estimate of drug-likeness (QED) is 0.266. The van der Waals surface area contributed by atoms with Crippen molar-refractivity contribution in [1.29, 1.82) is 0 Å². The summed E-state index contributed by atoms with van der Waals surface area (Å²) in [6.45, 7) is 7.85. The molecule has 2 aromatic carbocycles. The molecular formula is C39H53N5O5S. The van der Waals surface area contributed by atoms with Crippen LogP contribution in [0, 0.1) is 5.41 Å². The molecule has 4 unspecified atom stereocenters. The van der Waals surface area contributed by atoms with Crippen molar-refractivity contribution in [3.63, 3.8) is 0 Å². The van der Waals surface area contributed by atoms with Crippen LogP contribution < -0.4 is 9.46 Å². The topological polar surface area (TPSA) is 96.3 Å². The number of aromatic nitrogens is 1. The molecule has 3 saturated carbocycles. The number of benzene rings is 2. The van der Waals surface area contributed by atoms with Crippen molar-refractivity contribution < 1.29 is 22.8 Å². The second-order valence-corrected chi connectivity index (χ2v) is 17.7. The van der Waals surface area contributed by atoms with Gasteiger partial charge in [-0.15, -0.1) is 0 Å². The van der Waals surface area contributed by atoms with Gasteiger partial charge >= 0.3 is 10.2 Å². The zero-order valence-corrected chi connectivity index (χ0v) is 31.1. The smallest absolute Gasteiger partial charge is 0.304 e. The van der Waals surface area contributed by atoms with Crippen LogP contribution in [0.25, 0.3) is 22.2 Å². The van der Waals surface area contributed by atoms with Crippen LogP contribution in [0.1, 0.15) is 105 Å². The zero-order chi connectivity index (χ0) is 34.9. The molecule has 0 radical (unpaired) electrons. The van der Waals surface area contributed by atoms with Gasteiger partial charge in [-0.05, 0) is 106 Å². The van der Waals surface area contributed by atoms with E-state index in [0.29, 0.717) is 36.1 Å². The molecule has 3 heterocycles. The Morgan fingerprint density at radius 3 is 2.56 bits per heavy atom. The largest absolute Gasteiger partial charge is 0.497 e. The maximum Gasteiger partial charge on any atom is 0.304 e. The van der Waals surface area contributed by atoms with Gasteiger partial charge in [0.25, 0.3) is 5.91 Å². The molecule has 4 fully saturated rings. The van der Waals surface area contributed by atoms with E-state index in [1.54, 1.807) is 14.2 Å². The Morgan fingerprint density at radius 2 is 1.84 bits per heavy atom. The molecule has 0 bridgehead atoms. The number of amides is 1. The molecule has 1 saturated heterocycles. The molecule has 50 heavy (non-hydrogen) atoms. The standard InChI is InChI=1S/C39H53N5O5S/c1-6-28-22-41(3)21-25(2)44(28)49-24-39-20-34(39)33-19-30(48-5)15-17-31(33)37-36(26-10-8-7-9-11-26)32-16-12-27(18-35(32)43(37)23-39)38(45)40-50(46,47)42(4)29-13-14-29/h12,15-19,25-26,28-29,34H,6-11,13-14,20-24H2,1-5H3,(H,40,45). The maximum atomic E-state index is 13.6. The molecular weight excluding hydrogens is 651 g/mol. The van der Waals surface area contributed by atoms with E-state index >= 15 is 0 Å². The lowest BCUT2D eigenvalue weighted by Gasteiger charge is -2.43. The lowest BCUT2D eigenvalue weighted by atomic mass is 9.81. The lowest BCUT2D eigenvalue weighted by Crippen LogP contribution is -2.56. The van der Waals surface area contributed by atoms with Gasteiger partial charge in [0.1, 0.15) is 5.75 Å². The first-order valence-corrected chi connectivity index (χ1v) is 20.2. The second kappa shape index (κ2) is 12.9. The van der Waals surface area contributed by atoms with Gasteiger partial charge in [-0.25, -0.2) is 4.72 Å². The summed E-state index contributed by atoms with van der Waals surface area (Å²) < 4.78 is 38.1. The summed E-state index contributed by atoms with van der Waals surface area (Å²) in [5.74, 6) is 1.01. The van der Waals surface area contributed by atoms with E-state index in [-0.39, 0.29) is 11.5 Å². The van der Waals surface area contributed by atoms with Crippen LogP contribution in [0.3, 0.4) is 0 Å². The van der Waals surface area contributed by atoms with Crippen LogP contribution >= 0.6 is 0 Å². The number of fused-ring (bicyclic) bond motifs is 7. The van der Waals surface area contributed by atoms with Crippen LogP contribution in [0.2, 0.25) is 0 Å². The van der Waals surface area contributed by atoms with E-state index in [9.17, 15) is 13.2 Å². The molecule has 270 valence electrons. The molecule has 2 aliphatic heterocycles. The number of likely N-dealkylation sites (N-methyl/N-ethyl adjacent to an activating group) is 1. The van der Waals surface area contributed by atoms with Gasteiger partial charge in [0, 0.05) is 72.3 Å². The van der Waals surface area contributed by atoms with Crippen molar-refractivity contribution >= 4 is 27.0 Å². The summed E-state index contributed by atoms with van der Waals surface area (Å²) in [6, 6.07) is 13.0. The van der Waals surface area contributed by atoms with E-state index in [1.165, 1.54) is 46.0 Å². The minimum atomic E-state index is -3.93. The van der Waals surface area contributed by atoms with Crippen LogP contribution in [0.5, 0.6) is 5.75 Å². The Bertz CT molecular complexity index is 1900. The highest BCUT2D eigenvalue weighted by molar-refractivity contribution is 7.87. The Balaban J connectivity index is 1.23. The maximum absolute atomic E-state index is 13.6. The zero-order valence-electron chi connectivity index (χ0n) is 30.3. The molecule has 8 rings (SSSR count). The number of piperazine rings is 1. The van der Waals surface area contributed by atoms with Crippen molar-refractivity contribution in [2.45, 2.75) is 108 Å². The van der Waals surface area contributed by atoms with Crippen molar-refractivity contribution in [1.82, 2.24) is 23.6 Å². The van der Waals surface area contributed by atoms with Gasteiger partial charge in [-0.1, -0.05) is 32.3 Å². The summed E-state index contributed by atoms with van der Waals surface area (Å²) in [5, 5.41) is 3.43. The molecule has 5 aliphatic rings. The van der Waals surface area contributed by atoms with Crippen molar-refractivity contribution in [2.24, 2.45) is 5.41 Å². The van der Waals surface area contributed by atoms with Gasteiger partial charge in [-0.3, -0.25) is 9.63 Å². The summed E-state index contributed by atoms with van der Waals surface area (Å²) >= 11 is 0. The summed E-state index contributed by atoms with van der Waals surface area (Å²) in [7, 11) is 1.54. The Morgan fingerprint density at radius 1 is 1.06 bits per heavy atom. The fourth-order valence-corrected chi connectivity index (χ4v) is 10.6. The summed E-state index contributed by atoms with van der Waals surface area (Å²) in [6.07, 6.45) is 9.65. The number of rotatable bonds is 10. The highest BCUT2D eigenvalue weighted by atomic mass is 32.2. The monoisotopic (exact) mass is 703 g/mol. The fraction of sp³-hybridized carbons (Fsp3) is 0.615. The van der Waals surface area contributed by atoms with Crippen molar-refractivity contribution in [2.75, 3.05) is 40.9 Å². The number of carbonyl (C=O) groups is 1. The summed E-state index contributed by atoms with van der Waals surface area (Å²) in [5.41, 5.74) is 6.40. The van der Waals surface area contributed by atoms with E-state index in [2.05, 4.69) is 64.4 Å². The van der Waals surface area contributed by atoms with Gasteiger partial charge < -0.3 is 14.2 Å². The van der Waals surface area contributed by atoms with Crippen LogP contribution in [-0.4, -0.2) is 92.2 Å². The SMILES string of the molecule is CCC1CN(C)CC(C)N1OCC12CC1c1cc(OC)ccc1-c1c(C3CCCCC3)c3ccc(C(=O)NS(=O)(=O)N(C)C4CC4)cc3n1C2. The molecule has 1 amide bonds. The van der Waals surface area contributed by atoms with Crippen molar-refractivity contribution in [3.8, 4) is 17.0 Å². The van der Waals surface area contributed by atoms with Gasteiger partial charge in [0.2, 0.25) is 0 Å². The molecule has 1 aromatic heterocycles. The number of nitrogens with one attached hydrogen (secondary N) is 1. The first kappa shape index (κ1) is 34.1. The molecule has 1 N–H and O–H groups in total. The molecule has 0 spiro atoms. The van der Waals surface area contributed by atoms with Crippen LogP contribution in [0.4, 0.5) is 0 Å². The highest BCUT2D eigenvalue weighted by Crippen LogP contribution is 2.65. The highest BCUT2D eigenvalue weighted by Gasteiger charge is 2.58. The van der Waals surface area contributed by atoms with Crippen LogP contribution in [-0.2, 0) is 21.6 Å². The minimum absolute atomic E-state index is 0.0349. The molecule has 10 nitrogen and oxygen atoms in total.